The number of rotatable bonds is 10. The third kappa shape index (κ3) is 6.33. The van der Waals surface area contributed by atoms with E-state index in [9.17, 15) is 27.6 Å². The van der Waals surface area contributed by atoms with Gasteiger partial charge in [0.2, 0.25) is 5.75 Å². The average Bonchev–Trinajstić information content (AvgIpc) is 3.75. The van der Waals surface area contributed by atoms with Crippen molar-refractivity contribution in [1.29, 1.82) is 5.26 Å². The van der Waals surface area contributed by atoms with Crippen LogP contribution < -0.4 is 20.1 Å². The van der Waals surface area contributed by atoms with Gasteiger partial charge in [-0.25, -0.2) is 22.0 Å². The van der Waals surface area contributed by atoms with E-state index in [0.717, 1.165) is 48.6 Å². The van der Waals surface area contributed by atoms with Gasteiger partial charge in [-0.15, -0.1) is 11.3 Å². The second-order valence-electron chi connectivity index (χ2n) is 12.9. The standard InChI is InChI=1S/C36H30ClF5N6O3S/c1-47(11-3-7-26(49)51-31-23(39)5-2-6-24(31)40)34-20-13-22(37)28(19-8-9-25(41)32-27(19)21(15-43)33(44)52-32)29(42)30(20)45-35(46-34)50-17-36-10-4-12-48(36)16-18(38)14-36/h2,5-6,8-9,13,18H,3-4,7,10-12,14,16-17,44H2,1H3/t18-,36+/m1/s1. The maximum atomic E-state index is 16.9. The number of nitrogen functional groups attached to an aromatic ring is 1. The topological polar surface area (TPSA) is 118 Å². The molecule has 7 rings (SSSR count). The quantitative estimate of drug-likeness (QED) is 0.0861. The fraction of sp³-hybridized carbons (Fsp3) is 0.333. The van der Waals surface area contributed by atoms with Gasteiger partial charge in [0.1, 0.15) is 41.0 Å². The fourth-order valence-electron chi connectivity index (χ4n) is 7.23. The van der Waals surface area contributed by atoms with Crippen molar-refractivity contribution < 1.29 is 36.2 Å². The molecule has 2 saturated heterocycles. The summed E-state index contributed by atoms with van der Waals surface area (Å²) in [6.45, 7) is 1.22. The van der Waals surface area contributed by atoms with E-state index in [1.54, 1.807) is 11.9 Å². The Kier molecular flexibility index (Phi) is 9.58. The minimum atomic E-state index is -1.02. The molecule has 0 aliphatic carbocycles. The molecular weight excluding hydrogens is 727 g/mol. The van der Waals surface area contributed by atoms with Crippen LogP contribution in [-0.2, 0) is 4.79 Å². The van der Waals surface area contributed by atoms with Gasteiger partial charge in [0.25, 0.3) is 0 Å². The molecule has 0 radical (unpaired) electrons. The number of nitrogens with two attached hydrogens (primary N) is 1. The predicted octanol–water partition coefficient (Wildman–Crippen LogP) is 7.95. The molecule has 0 amide bonds. The minimum Gasteiger partial charge on any atom is -0.461 e. The molecule has 52 heavy (non-hydrogen) atoms. The van der Waals surface area contributed by atoms with Crippen LogP contribution in [0, 0.1) is 34.6 Å². The summed E-state index contributed by atoms with van der Waals surface area (Å²) < 4.78 is 85.4. The first-order chi connectivity index (χ1) is 24.9. The van der Waals surface area contributed by atoms with E-state index in [-0.39, 0.29) is 91.9 Å². The van der Waals surface area contributed by atoms with Gasteiger partial charge in [-0.3, -0.25) is 9.69 Å². The van der Waals surface area contributed by atoms with Crippen LogP contribution >= 0.6 is 22.9 Å². The van der Waals surface area contributed by atoms with Crippen molar-refractivity contribution in [3.8, 4) is 29.0 Å². The molecule has 0 bridgehead atoms. The highest BCUT2D eigenvalue weighted by Crippen LogP contribution is 2.46. The van der Waals surface area contributed by atoms with Crippen molar-refractivity contribution in [2.24, 2.45) is 0 Å². The lowest BCUT2D eigenvalue weighted by Crippen LogP contribution is -2.43. The summed E-state index contributed by atoms with van der Waals surface area (Å²) in [6, 6.07) is 8.77. The van der Waals surface area contributed by atoms with Crippen LogP contribution in [0.15, 0.2) is 36.4 Å². The molecule has 2 aliphatic rings. The van der Waals surface area contributed by atoms with Gasteiger partial charge in [-0.1, -0.05) is 23.7 Å². The first-order valence-corrected chi connectivity index (χ1v) is 17.6. The number of alkyl halides is 1. The van der Waals surface area contributed by atoms with Gasteiger partial charge in [-0.05, 0) is 55.6 Å². The largest absolute Gasteiger partial charge is 0.461 e. The van der Waals surface area contributed by atoms with Crippen LogP contribution in [0.5, 0.6) is 11.8 Å². The fourth-order valence-corrected chi connectivity index (χ4v) is 8.47. The van der Waals surface area contributed by atoms with Crippen molar-refractivity contribution in [2.45, 2.75) is 43.8 Å². The molecule has 2 fully saturated rings. The highest BCUT2D eigenvalue weighted by molar-refractivity contribution is 7.23. The number of esters is 1. The van der Waals surface area contributed by atoms with Gasteiger partial charge in [0.05, 0.1) is 20.8 Å². The summed E-state index contributed by atoms with van der Waals surface area (Å²) >= 11 is 7.62. The summed E-state index contributed by atoms with van der Waals surface area (Å²) in [5.74, 6) is -5.05. The monoisotopic (exact) mass is 756 g/mol. The molecular formula is C36H30ClF5N6O3S. The second-order valence-corrected chi connectivity index (χ2v) is 14.4. The number of aromatic nitrogens is 2. The maximum absolute atomic E-state index is 16.9. The summed E-state index contributed by atoms with van der Waals surface area (Å²) in [6.07, 6.45) is 0.762. The number of para-hydroxylation sites is 1. The lowest BCUT2D eigenvalue weighted by molar-refractivity contribution is -0.134. The van der Waals surface area contributed by atoms with Gasteiger partial charge in [-0.2, -0.15) is 15.2 Å². The summed E-state index contributed by atoms with van der Waals surface area (Å²) in [7, 11) is 1.63. The number of nitrogens with zero attached hydrogens (tertiary/aromatic N) is 5. The third-order valence-electron chi connectivity index (χ3n) is 9.64. The lowest BCUT2D eigenvalue weighted by atomic mass is 9.95. The number of carbonyl (C=O) groups is 1. The van der Waals surface area contributed by atoms with Crippen molar-refractivity contribution in [3.63, 3.8) is 0 Å². The molecule has 270 valence electrons. The van der Waals surface area contributed by atoms with Crippen molar-refractivity contribution >= 4 is 60.7 Å². The molecule has 2 atom stereocenters. The van der Waals surface area contributed by atoms with Crippen LogP contribution in [0.1, 0.15) is 37.7 Å². The number of hydrogen-bond acceptors (Lipinski definition) is 10. The number of hydrogen-bond donors (Lipinski definition) is 1. The van der Waals surface area contributed by atoms with Gasteiger partial charge >= 0.3 is 12.0 Å². The molecule has 0 spiro atoms. The number of anilines is 2. The Morgan fingerprint density at radius 1 is 1.19 bits per heavy atom. The number of ether oxygens (including phenoxy) is 2. The number of thiophene rings is 1. The van der Waals surface area contributed by atoms with E-state index in [1.807, 2.05) is 6.07 Å². The molecule has 2 aromatic heterocycles. The molecule has 9 nitrogen and oxygen atoms in total. The summed E-state index contributed by atoms with van der Waals surface area (Å²) in [5.41, 5.74) is 5.24. The van der Waals surface area contributed by atoms with Gasteiger partial charge in [0.15, 0.2) is 17.5 Å². The number of benzene rings is 3. The maximum Gasteiger partial charge on any atom is 0.319 e. The van der Waals surface area contributed by atoms with E-state index in [1.165, 1.54) is 12.1 Å². The smallest absolute Gasteiger partial charge is 0.319 e. The first-order valence-electron chi connectivity index (χ1n) is 16.4. The second kappa shape index (κ2) is 14.0. The van der Waals surface area contributed by atoms with Crippen LogP contribution in [0.25, 0.3) is 32.1 Å². The molecule has 5 aromatic rings. The molecule has 4 heterocycles. The first kappa shape index (κ1) is 35.6. The highest BCUT2D eigenvalue weighted by atomic mass is 35.5. The highest BCUT2D eigenvalue weighted by Gasteiger charge is 2.49. The Hall–Kier alpha value is -4.78. The molecule has 3 aromatic carbocycles. The van der Waals surface area contributed by atoms with E-state index >= 15 is 4.39 Å². The van der Waals surface area contributed by atoms with Crippen LogP contribution in [0.2, 0.25) is 5.02 Å². The van der Waals surface area contributed by atoms with Crippen LogP contribution in [0.3, 0.4) is 0 Å². The Labute approximate surface area is 303 Å². The predicted molar refractivity (Wildman–Crippen MR) is 187 cm³/mol. The third-order valence-corrected chi connectivity index (χ3v) is 11.0. The van der Waals surface area contributed by atoms with Crippen LogP contribution in [0.4, 0.5) is 32.8 Å². The van der Waals surface area contributed by atoms with E-state index in [2.05, 4.69) is 14.9 Å². The Balaban J connectivity index is 1.25. The summed E-state index contributed by atoms with van der Waals surface area (Å²) in [4.78, 5) is 25.2. The molecule has 2 aliphatic heterocycles. The van der Waals surface area contributed by atoms with E-state index in [0.29, 0.717) is 13.0 Å². The number of carbonyl (C=O) groups excluding carboxylic acids is 1. The molecule has 16 heteroatoms. The number of halogens is 6. The molecule has 0 saturated carbocycles. The number of fused-ring (bicyclic) bond motifs is 3. The van der Waals surface area contributed by atoms with E-state index in [4.69, 9.17) is 26.8 Å². The van der Waals surface area contributed by atoms with E-state index < -0.39 is 46.7 Å². The van der Waals surface area contributed by atoms with Gasteiger partial charge in [0, 0.05) is 49.3 Å². The van der Waals surface area contributed by atoms with Gasteiger partial charge < -0.3 is 20.1 Å². The Bertz CT molecular complexity index is 2270. The summed E-state index contributed by atoms with van der Waals surface area (Å²) in [5, 5.41) is 10.1. The Morgan fingerprint density at radius 3 is 2.71 bits per heavy atom. The van der Waals surface area contributed by atoms with Crippen molar-refractivity contribution in [2.75, 3.05) is 43.9 Å². The molecule has 2 N–H and O–H groups in total. The minimum absolute atomic E-state index is 0.0171. The Morgan fingerprint density at radius 2 is 1.96 bits per heavy atom. The number of nitriles is 1. The zero-order valence-corrected chi connectivity index (χ0v) is 29.2. The SMILES string of the molecule is CN(CCCC(=O)Oc1c(F)cccc1F)c1nc(OC[C@@]23CCCN2C[C@H](F)C3)nc2c(F)c(-c3ccc(F)c4sc(N)c(C#N)c34)c(Cl)cc12. The molecule has 0 unspecified atom stereocenters. The normalized spacial score (nSPS) is 18.5. The van der Waals surface area contributed by atoms with Crippen molar-refractivity contribution in [3.05, 3.63) is 70.3 Å². The lowest BCUT2D eigenvalue weighted by Gasteiger charge is -2.31. The zero-order chi connectivity index (χ0) is 36.9. The zero-order valence-electron chi connectivity index (χ0n) is 27.6. The average molecular weight is 757 g/mol. The van der Waals surface area contributed by atoms with Crippen molar-refractivity contribution in [1.82, 2.24) is 14.9 Å². The van der Waals surface area contributed by atoms with Crippen LogP contribution in [-0.4, -0.2) is 65.8 Å².